The van der Waals surface area contributed by atoms with Crippen LogP contribution in [-0.4, -0.2) is 28.0 Å². The Labute approximate surface area is 144 Å². The van der Waals surface area contributed by atoms with E-state index in [9.17, 15) is 4.79 Å². The van der Waals surface area contributed by atoms with E-state index in [4.69, 9.17) is 14.2 Å². The van der Waals surface area contributed by atoms with Gasteiger partial charge in [-0.25, -0.2) is 4.79 Å². The van der Waals surface area contributed by atoms with Crippen molar-refractivity contribution < 1.29 is 19.0 Å². The zero-order valence-corrected chi connectivity index (χ0v) is 15.0. The molecule has 0 aliphatic heterocycles. The number of hydrogen-bond donors (Lipinski definition) is 0. The molecule has 0 fully saturated rings. The van der Waals surface area contributed by atoms with Gasteiger partial charge in [0.05, 0.1) is 6.61 Å². The predicted molar refractivity (Wildman–Crippen MR) is 97.1 cm³/mol. The molecule has 0 atom stereocenters. The van der Waals surface area contributed by atoms with Gasteiger partial charge in [0.2, 0.25) is 5.91 Å². The van der Waals surface area contributed by atoms with E-state index in [1.165, 1.54) is 6.08 Å². The summed E-state index contributed by atoms with van der Waals surface area (Å²) >= 11 is 0. The lowest BCUT2D eigenvalue weighted by Gasteiger charge is -2.20. The van der Waals surface area contributed by atoms with Gasteiger partial charge in [0.25, 0.3) is 0 Å². The van der Waals surface area contributed by atoms with Gasteiger partial charge >= 0.3 is 5.97 Å². The number of carbonyl (C=O) groups excluding carboxylic acids is 1. The molecule has 0 unspecified atom stereocenters. The molecule has 2 rings (SSSR count). The molecule has 0 heterocycles. The molecule has 0 bridgehead atoms. The molecule has 2 aromatic rings. The summed E-state index contributed by atoms with van der Waals surface area (Å²) in [5.41, 5.74) is 0. The third-order valence-corrected chi connectivity index (χ3v) is 4.98. The summed E-state index contributed by atoms with van der Waals surface area (Å²) in [6, 6.07) is 20.3. The largest absolute Gasteiger partial charge is 0.463 e. The summed E-state index contributed by atoms with van der Waals surface area (Å²) in [7, 11) is -0.675. The smallest absolute Gasteiger partial charge is 0.330 e. The minimum Gasteiger partial charge on any atom is -0.463 e. The van der Waals surface area contributed by atoms with Crippen molar-refractivity contribution in [3.8, 4) is 11.5 Å². The number of hydrogen-bond acceptors (Lipinski definition) is 4. The number of rotatable bonds is 10. The second-order valence-electron chi connectivity index (χ2n) is 5.16. The molecule has 0 N–H and O–H groups in total. The zero-order chi connectivity index (χ0) is 17.0. The number of carbonyl (C=O) groups is 1. The molecule has 0 saturated heterocycles. The van der Waals surface area contributed by atoms with Gasteiger partial charge in [0.1, 0.15) is 21.0 Å². The summed E-state index contributed by atoms with van der Waals surface area (Å²) in [5, 5.41) is 0. The molecule has 0 spiro atoms. The summed E-state index contributed by atoms with van der Waals surface area (Å²) in [4.78, 5) is 11.0. The third kappa shape index (κ3) is 6.70. The predicted octanol–water partition coefficient (Wildman–Crippen LogP) is 3.13. The quantitative estimate of drug-likeness (QED) is 0.219. The van der Waals surface area contributed by atoms with Gasteiger partial charge < -0.3 is 14.2 Å². The van der Waals surface area contributed by atoms with Crippen LogP contribution in [0.2, 0.25) is 6.04 Å². The van der Waals surface area contributed by atoms with Crippen molar-refractivity contribution in [1.29, 1.82) is 0 Å². The molecular formula is C19H22O4Si. The lowest BCUT2D eigenvalue weighted by molar-refractivity contribution is -0.137. The first-order valence-electron chi connectivity index (χ1n) is 8.00. The van der Waals surface area contributed by atoms with Crippen LogP contribution in [0.25, 0.3) is 0 Å². The Balaban J connectivity index is 1.85. The maximum absolute atomic E-state index is 11.0. The molecule has 126 valence electrons. The highest BCUT2D eigenvalue weighted by atomic mass is 28.2. The lowest BCUT2D eigenvalue weighted by atomic mass is 10.3. The Morgan fingerprint density at radius 1 is 1.00 bits per heavy atom. The fourth-order valence-corrected chi connectivity index (χ4v) is 3.54. The minimum atomic E-state index is -0.675. The first kappa shape index (κ1) is 17.8. The van der Waals surface area contributed by atoms with Gasteiger partial charge in [-0.2, -0.15) is 0 Å². The third-order valence-electron chi connectivity index (χ3n) is 3.27. The summed E-state index contributed by atoms with van der Waals surface area (Å²) < 4.78 is 17.0. The normalized spacial score (nSPS) is 10.7. The molecule has 0 saturated carbocycles. The molecule has 0 radical (unpaired) electrons. The fourth-order valence-electron chi connectivity index (χ4n) is 2.09. The minimum absolute atomic E-state index is 0.259. The highest BCUT2D eigenvalue weighted by Crippen LogP contribution is 2.16. The number of ether oxygens (including phenoxy) is 3. The van der Waals surface area contributed by atoms with Gasteiger partial charge in [-0.1, -0.05) is 49.0 Å². The van der Waals surface area contributed by atoms with Crippen molar-refractivity contribution in [1.82, 2.24) is 0 Å². The van der Waals surface area contributed by atoms with Crippen molar-refractivity contribution >= 4 is 15.5 Å². The zero-order valence-electron chi connectivity index (χ0n) is 13.6. The molecule has 0 aliphatic carbocycles. The number of benzene rings is 2. The van der Waals surface area contributed by atoms with Crippen LogP contribution in [0.4, 0.5) is 0 Å². The SMILES string of the molecule is C=CC(=O)OCCC[SiH2]C(Oc1ccccc1)Oc1ccccc1. The molecule has 0 aliphatic rings. The van der Waals surface area contributed by atoms with Crippen LogP contribution in [-0.2, 0) is 9.53 Å². The molecule has 24 heavy (non-hydrogen) atoms. The Kier molecular flexibility index (Phi) is 7.63. The monoisotopic (exact) mass is 342 g/mol. The van der Waals surface area contributed by atoms with Crippen molar-refractivity contribution in [2.75, 3.05) is 6.61 Å². The average molecular weight is 342 g/mol. The maximum atomic E-state index is 11.0. The molecule has 0 amide bonds. The summed E-state index contributed by atoms with van der Waals surface area (Å²) in [6.45, 7) is 3.78. The Morgan fingerprint density at radius 3 is 2.04 bits per heavy atom. The summed E-state index contributed by atoms with van der Waals surface area (Å²) in [6.07, 6.45) is 1.98. The van der Waals surface area contributed by atoms with Crippen molar-refractivity contribution in [3.05, 3.63) is 73.3 Å². The van der Waals surface area contributed by atoms with Crippen LogP contribution in [0.3, 0.4) is 0 Å². The van der Waals surface area contributed by atoms with Crippen LogP contribution >= 0.6 is 0 Å². The van der Waals surface area contributed by atoms with Crippen LogP contribution in [0.1, 0.15) is 6.42 Å². The van der Waals surface area contributed by atoms with Crippen molar-refractivity contribution in [3.63, 3.8) is 0 Å². The standard InChI is InChI=1S/C19H22O4Si/c1-2-18(20)21-14-9-15-24-19(22-16-10-5-3-6-11-16)23-17-12-7-4-8-13-17/h2-8,10-13,19H,1,9,14-15,24H2. The van der Waals surface area contributed by atoms with Crippen LogP contribution in [0.15, 0.2) is 73.3 Å². The van der Waals surface area contributed by atoms with Crippen LogP contribution in [0, 0.1) is 0 Å². The van der Waals surface area contributed by atoms with E-state index in [0.717, 1.165) is 24.0 Å². The fraction of sp³-hybridized carbons (Fsp3) is 0.211. The van der Waals surface area contributed by atoms with E-state index in [1.807, 2.05) is 60.7 Å². The number of para-hydroxylation sites is 2. The van der Waals surface area contributed by atoms with E-state index in [-0.39, 0.29) is 11.9 Å². The van der Waals surface area contributed by atoms with Crippen molar-refractivity contribution in [2.45, 2.75) is 18.4 Å². The molecular weight excluding hydrogens is 320 g/mol. The van der Waals surface area contributed by atoms with E-state index in [2.05, 4.69) is 6.58 Å². The lowest BCUT2D eigenvalue weighted by Crippen LogP contribution is -2.30. The first-order valence-corrected chi connectivity index (χ1v) is 9.82. The van der Waals surface area contributed by atoms with Crippen LogP contribution in [0.5, 0.6) is 11.5 Å². The van der Waals surface area contributed by atoms with E-state index >= 15 is 0 Å². The maximum Gasteiger partial charge on any atom is 0.330 e. The molecule has 2 aromatic carbocycles. The second kappa shape index (κ2) is 10.3. The Bertz CT molecular complexity index is 574. The van der Waals surface area contributed by atoms with Crippen molar-refractivity contribution in [2.24, 2.45) is 0 Å². The summed E-state index contributed by atoms with van der Waals surface area (Å²) in [5.74, 6) is 0.951. The van der Waals surface area contributed by atoms with E-state index in [1.54, 1.807) is 0 Å². The van der Waals surface area contributed by atoms with Gasteiger partial charge in [0.15, 0.2) is 0 Å². The van der Waals surface area contributed by atoms with Gasteiger partial charge in [0, 0.05) is 6.08 Å². The second-order valence-corrected chi connectivity index (χ2v) is 7.11. The molecule has 0 aromatic heterocycles. The van der Waals surface area contributed by atoms with Gasteiger partial charge in [-0.3, -0.25) is 0 Å². The first-order chi connectivity index (χ1) is 11.8. The van der Waals surface area contributed by atoms with Crippen LogP contribution < -0.4 is 9.47 Å². The van der Waals surface area contributed by atoms with E-state index < -0.39 is 9.52 Å². The van der Waals surface area contributed by atoms with E-state index in [0.29, 0.717) is 6.61 Å². The highest BCUT2D eigenvalue weighted by molar-refractivity contribution is 6.36. The van der Waals surface area contributed by atoms with Gasteiger partial charge in [-0.05, 0) is 30.7 Å². The topological polar surface area (TPSA) is 44.8 Å². The number of esters is 1. The Morgan fingerprint density at radius 2 is 1.54 bits per heavy atom. The average Bonchev–Trinajstić information content (AvgIpc) is 2.62. The molecule has 5 heteroatoms. The highest BCUT2D eigenvalue weighted by Gasteiger charge is 2.13. The Hall–Kier alpha value is -2.53. The van der Waals surface area contributed by atoms with Gasteiger partial charge in [-0.15, -0.1) is 0 Å². The molecule has 4 nitrogen and oxygen atoms in total.